The van der Waals surface area contributed by atoms with Gasteiger partial charge in [0.15, 0.2) is 19.7 Å². The zero-order chi connectivity index (χ0) is 33.8. The smallest absolute Gasteiger partial charge is 0.238 e. The highest BCUT2D eigenvalue weighted by Crippen LogP contribution is 2.42. The number of para-hydroxylation sites is 1. The first-order chi connectivity index (χ1) is 25.3. The number of fused-ring (bicyclic) bond motifs is 6. The van der Waals surface area contributed by atoms with Gasteiger partial charge in [0.25, 0.3) is 0 Å². The van der Waals surface area contributed by atoms with Crippen molar-refractivity contribution in [3.63, 3.8) is 0 Å². The lowest BCUT2D eigenvalue weighted by molar-refractivity contribution is 0.953. The Morgan fingerprint density at radius 1 is 0.431 bits per heavy atom. The van der Waals surface area contributed by atoms with Crippen LogP contribution in [0.15, 0.2) is 192 Å². The van der Waals surface area contributed by atoms with Gasteiger partial charge >= 0.3 is 0 Å². The molecule has 0 spiro atoms. The summed E-state index contributed by atoms with van der Waals surface area (Å²) in [7, 11) is -2.73. The Kier molecular flexibility index (Phi) is 7.04. The highest BCUT2D eigenvalue weighted by Gasteiger charge is 2.47. The van der Waals surface area contributed by atoms with E-state index in [0.717, 1.165) is 22.2 Å². The first-order valence-corrected chi connectivity index (χ1v) is 19.9. The van der Waals surface area contributed by atoms with E-state index in [1.165, 1.54) is 41.3 Å². The first-order valence-electron chi connectivity index (χ1n) is 17.1. The second-order valence-electron chi connectivity index (χ2n) is 12.8. The van der Waals surface area contributed by atoms with Crippen LogP contribution in [0.5, 0.6) is 0 Å². The molecule has 1 aliphatic heterocycles. The Morgan fingerprint density at radius 2 is 0.961 bits per heavy atom. The summed E-state index contributed by atoms with van der Waals surface area (Å²) in [5.41, 5.74) is 4.04. The largest absolute Gasteiger partial charge is 0.278 e. The topological polar surface area (TPSA) is 43.6 Å². The van der Waals surface area contributed by atoms with E-state index in [-0.39, 0.29) is 0 Å². The third-order valence-electron chi connectivity index (χ3n) is 10.00. The fraction of sp³-hybridized carbons (Fsp3) is 0. The molecule has 0 bridgehead atoms. The van der Waals surface area contributed by atoms with Crippen LogP contribution < -0.4 is 20.7 Å². The number of rotatable bonds is 5. The highest BCUT2D eigenvalue weighted by atomic mass is 32.2. The van der Waals surface area contributed by atoms with Gasteiger partial charge in [0.2, 0.25) is 5.95 Å². The van der Waals surface area contributed by atoms with Crippen molar-refractivity contribution in [1.29, 1.82) is 0 Å². The first kappa shape index (κ1) is 29.8. The third kappa shape index (κ3) is 4.64. The Hall–Kier alpha value is -6.08. The van der Waals surface area contributed by atoms with Gasteiger partial charge in [-0.25, -0.2) is 4.98 Å². The highest BCUT2D eigenvalue weighted by molar-refractivity contribution is 8.00. The summed E-state index contributed by atoms with van der Waals surface area (Å²) in [6.45, 7) is 0. The molecule has 0 atom stereocenters. The van der Waals surface area contributed by atoms with Gasteiger partial charge in [-0.2, -0.15) is 9.97 Å². The van der Waals surface area contributed by atoms with E-state index in [4.69, 9.17) is 15.0 Å². The van der Waals surface area contributed by atoms with Crippen LogP contribution in [0.25, 0.3) is 50.5 Å². The summed E-state index contributed by atoms with van der Waals surface area (Å²) in [5.74, 6) is 1.89. The second-order valence-corrected chi connectivity index (χ2v) is 17.6. The van der Waals surface area contributed by atoms with Crippen LogP contribution in [0.2, 0.25) is 0 Å². The fourth-order valence-corrected chi connectivity index (χ4v) is 14.9. The standard InChI is InChI=1S/C45H30N4SSi/c1-5-17-31(18-6-1)43-46-44(32-19-7-2-8-20-32)48-45(47-43)49-36-26-14-13-25-35(36)41-37(49)29-30-40-42(41)50-38-27-15-16-28-39(38)51(40,33-21-9-3-10-22-33)34-23-11-4-12-24-34/h1-30H. The van der Waals surface area contributed by atoms with Crippen molar-refractivity contribution >= 4 is 62.4 Å². The van der Waals surface area contributed by atoms with Crippen LogP contribution in [0.4, 0.5) is 0 Å². The number of aromatic nitrogens is 4. The summed E-state index contributed by atoms with van der Waals surface area (Å²) < 4.78 is 2.24. The van der Waals surface area contributed by atoms with Gasteiger partial charge in [0, 0.05) is 31.7 Å². The molecule has 7 aromatic carbocycles. The molecule has 51 heavy (non-hydrogen) atoms. The molecule has 0 aliphatic carbocycles. The molecular formula is C45H30N4SSi. The maximum Gasteiger partial charge on any atom is 0.238 e. The van der Waals surface area contributed by atoms with Crippen LogP contribution in [0.1, 0.15) is 0 Å². The van der Waals surface area contributed by atoms with E-state index in [0.29, 0.717) is 17.6 Å². The lowest BCUT2D eigenvalue weighted by atomic mass is 10.1. The van der Waals surface area contributed by atoms with Crippen LogP contribution >= 0.6 is 11.8 Å². The molecule has 10 rings (SSSR count). The van der Waals surface area contributed by atoms with Crippen LogP contribution in [0, 0.1) is 0 Å². The molecule has 0 fully saturated rings. The molecule has 0 unspecified atom stereocenters. The molecule has 4 nitrogen and oxygen atoms in total. The second kappa shape index (κ2) is 12.1. The summed E-state index contributed by atoms with van der Waals surface area (Å²) in [4.78, 5) is 18.0. The number of nitrogens with zero attached hydrogens (tertiary/aromatic N) is 4. The predicted octanol–water partition coefficient (Wildman–Crippen LogP) is 8.14. The average molecular weight is 687 g/mol. The Labute approximate surface area is 301 Å². The molecule has 0 radical (unpaired) electrons. The fourth-order valence-electron chi connectivity index (χ4n) is 7.83. The van der Waals surface area contributed by atoms with Crippen LogP contribution in [-0.2, 0) is 0 Å². The molecule has 6 heteroatoms. The molecule has 0 saturated carbocycles. The summed E-state index contributed by atoms with van der Waals surface area (Å²) in [6, 6.07) is 65.2. The minimum atomic E-state index is -2.73. The van der Waals surface area contributed by atoms with Gasteiger partial charge in [0.05, 0.1) is 11.0 Å². The summed E-state index contributed by atoms with van der Waals surface area (Å²) in [5, 5.41) is 8.01. The molecule has 3 heterocycles. The van der Waals surface area contributed by atoms with Gasteiger partial charge in [-0.05, 0) is 38.9 Å². The van der Waals surface area contributed by atoms with Gasteiger partial charge in [0.1, 0.15) is 0 Å². The molecule has 1 aliphatic rings. The Bertz CT molecular complexity index is 2620. The Balaban J connectivity index is 1.31. The van der Waals surface area contributed by atoms with Gasteiger partial charge < -0.3 is 0 Å². The van der Waals surface area contributed by atoms with Crippen molar-refractivity contribution in [2.24, 2.45) is 0 Å². The van der Waals surface area contributed by atoms with E-state index in [1.807, 2.05) is 48.2 Å². The minimum absolute atomic E-state index is 0.602. The van der Waals surface area contributed by atoms with Gasteiger partial charge in [-0.15, -0.1) is 0 Å². The van der Waals surface area contributed by atoms with Gasteiger partial charge in [-0.1, -0.05) is 176 Å². The zero-order valence-corrected chi connectivity index (χ0v) is 29.3. The Morgan fingerprint density at radius 3 is 1.59 bits per heavy atom. The van der Waals surface area contributed by atoms with Crippen molar-refractivity contribution in [3.8, 4) is 28.7 Å². The quantitative estimate of drug-likeness (QED) is 0.172. The number of hydrogen-bond donors (Lipinski definition) is 0. The van der Waals surface area contributed by atoms with E-state index in [1.54, 1.807) is 0 Å². The van der Waals surface area contributed by atoms with E-state index in [2.05, 4.69) is 150 Å². The molecule has 0 saturated heterocycles. The van der Waals surface area contributed by atoms with Crippen LogP contribution in [0.3, 0.4) is 0 Å². The van der Waals surface area contributed by atoms with Crippen molar-refractivity contribution in [2.45, 2.75) is 9.79 Å². The SMILES string of the molecule is c1ccc(-c2nc(-c3ccccc3)nc(-n3c4ccccc4c4c5c(ccc43)[Si](c3ccccc3)(c3ccccc3)c3ccccc3S5)n2)cc1. The molecule has 0 amide bonds. The van der Waals surface area contributed by atoms with Crippen molar-refractivity contribution < 1.29 is 0 Å². The summed E-state index contributed by atoms with van der Waals surface area (Å²) in [6.07, 6.45) is 0. The van der Waals surface area contributed by atoms with E-state index >= 15 is 0 Å². The normalized spacial score (nSPS) is 13.2. The van der Waals surface area contributed by atoms with Crippen molar-refractivity contribution in [2.75, 3.05) is 0 Å². The third-order valence-corrected chi connectivity index (χ3v) is 16.4. The van der Waals surface area contributed by atoms with Gasteiger partial charge in [-0.3, -0.25) is 4.57 Å². The van der Waals surface area contributed by atoms with E-state index < -0.39 is 8.07 Å². The number of hydrogen-bond acceptors (Lipinski definition) is 4. The minimum Gasteiger partial charge on any atom is -0.278 e. The maximum absolute atomic E-state index is 5.19. The number of benzene rings is 7. The van der Waals surface area contributed by atoms with Crippen molar-refractivity contribution in [1.82, 2.24) is 19.5 Å². The van der Waals surface area contributed by atoms with E-state index in [9.17, 15) is 0 Å². The molecule has 0 N–H and O–H groups in total. The lowest BCUT2D eigenvalue weighted by Crippen LogP contribution is -2.76. The summed E-state index contributed by atoms with van der Waals surface area (Å²) >= 11 is 1.90. The molecular weight excluding hydrogens is 657 g/mol. The van der Waals surface area contributed by atoms with Crippen LogP contribution in [-0.4, -0.2) is 27.6 Å². The van der Waals surface area contributed by atoms with Crippen molar-refractivity contribution in [3.05, 3.63) is 182 Å². The lowest BCUT2D eigenvalue weighted by Gasteiger charge is -2.40. The average Bonchev–Trinajstić information content (AvgIpc) is 3.56. The zero-order valence-electron chi connectivity index (χ0n) is 27.5. The molecule has 240 valence electrons. The maximum atomic E-state index is 5.19. The monoisotopic (exact) mass is 686 g/mol. The predicted molar refractivity (Wildman–Crippen MR) is 213 cm³/mol. The molecule has 9 aromatic rings. The molecule has 2 aromatic heterocycles.